The van der Waals surface area contributed by atoms with Crippen LogP contribution < -0.4 is 4.74 Å². The van der Waals surface area contributed by atoms with Gasteiger partial charge < -0.3 is 14.7 Å². The lowest BCUT2D eigenvalue weighted by molar-refractivity contribution is 0.0546. The summed E-state index contributed by atoms with van der Waals surface area (Å²) < 4.78 is 6.72. The van der Waals surface area contributed by atoms with Crippen LogP contribution in [0.25, 0.3) is 0 Å². The maximum Gasteiger partial charge on any atom is 0.253 e. The lowest BCUT2D eigenvalue weighted by Crippen LogP contribution is -2.40. The minimum atomic E-state index is -0.278. The summed E-state index contributed by atoms with van der Waals surface area (Å²) in [6.07, 6.45) is 1.02. The van der Waals surface area contributed by atoms with Crippen LogP contribution in [0, 0.1) is 0 Å². The smallest absolute Gasteiger partial charge is 0.253 e. The van der Waals surface area contributed by atoms with Crippen LogP contribution in [-0.2, 0) is 0 Å². The summed E-state index contributed by atoms with van der Waals surface area (Å²) in [5.74, 6) is 1.43. The van der Waals surface area contributed by atoms with Crippen LogP contribution in [0.1, 0.15) is 23.2 Å². The number of hydrogen-bond donors (Lipinski definition) is 1. The lowest BCUT2D eigenvalue weighted by atomic mass is 10.1. The van der Waals surface area contributed by atoms with Crippen LogP contribution in [0.5, 0.6) is 11.5 Å². The molecule has 0 radical (unpaired) electrons. The first-order valence-corrected chi connectivity index (χ1v) is 8.42. The second-order valence-corrected chi connectivity index (χ2v) is 6.52. The van der Waals surface area contributed by atoms with Gasteiger partial charge in [0.15, 0.2) is 0 Å². The molecule has 0 unspecified atom stereocenters. The molecule has 1 aliphatic heterocycles. The highest BCUT2D eigenvalue weighted by atomic mass is 79.9. The normalized spacial score (nSPS) is 15.5. The van der Waals surface area contributed by atoms with Crippen molar-refractivity contribution < 1.29 is 14.6 Å². The molecule has 1 amide bonds. The maximum absolute atomic E-state index is 12.4. The average Bonchev–Trinajstić information content (AvgIpc) is 2.56. The lowest BCUT2D eigenvalue weighted by Gasteiger charge is -2.29. The van der Waals surface area contributed by atoms with E-state index in [4.69, 9.17) is 4.74 Å². The van der Waals surface area contributed by atoms with E-state index in [1.54, 1.807) is 29.2 Å². The van der Waals surface area contributed by atoms with E-state index in [2.05, 4.69) is 15.9 Å². The molecule has 3 rings (SSSR count). The Labute approximate surface area is 143 Å². The summed E-state index contributed by atoms with van der Waals surface area (Å²) in [4.78, 5) is 14.2. The fourth-order valence-corrected chi connectivity index (χ4v) is 2.96. The number of nitrogens with zero attached hydrogens (tertiary/aromatic N) is 1. The van der Waals surface area contributed by atoms with E-state index in [1.807, 2.05) is 24.3 Å². The van der Waals surface area contributed by atoms with Gasteiger partial charge in [0.1, 0.15) is 11.5 Å². The largest absolute Gasteiger partial charge is 0.457 e. The van der Waals surface area contributed by atoms with Crippen molar-refractivity contribution in [2.24, 2.45) is 0 Å². The second kappa shape index (κ2) is 7.15. The van der Waals surface area contributed by atoms with Crippen LogP contribution in [-0.4, -0.2) is 35.1 Å². The van der Waals surface area contributed by atoms with Gasteiger partial charge in [-0.15, -0.1) is 0 Å². The van der Waals surface area contributed by atoms with Gasteiger partial charge in [-0.2, -0.15) is 0 Å². The van der Waals surface area contributed by atoms with E-state index in [0.29, 0.717) is 37.2 Å². The average molecular weight is 376 g/mol. The Morgan fingerprint density at radius 3 is 2.43 bits per heavy atom. The molecular weight excluding hydrogens is 358 g/mol. The van der Waals surface area contributed by atoms with Crippen molar-refractivity contribution in [3.8, 4) is 11.5 Å². The molecule has 1 aliphatic rings. The first-order chi connectivity index (χ1) is 11.1. The van der Waals surface area contributed by atoms with Crippen LogP contribution in [0.15, 0.2) is 53.0 Å². The molecule has 4 nitrogen and oxygen atoms in total. The van der Waals surface area contributed by atoms with E-state index in [0.717, 1.165) is 10.2 Å². The Morgan fingerprint density at radius 2 is 1.78 bits per heavy atom. The third-order valence-electron chi connectivity index (χ3n) is 3.88. The zero-order valence-corrected chi connectivity index (χ0v) is 14.2. The van der Waals surface area contributed by atoms with Crippen molar-refractivity contribution in [2.45, 2.75) is 18.9 Å². The molecule has 0 aliphatic carbocycles. The molecule has 0 spiro atoms. The van der Waals surface area contributed by atoms with E-state index in [-0.39, 0.29) is 12.0 Å². The summed E-state index contributed by atoms with van der Waals surface area (Å²) in [5, 5.41) is 9.52. The Bertz CT molecular complexity index is 679. The zero-order chi connectivity index (χ0) is 16.2. The number of carbonyl (C=O) groups excluding carboxylic acids is 1. The number of hydrogen-bond acceptors (Lipinski definition) is 3. The van der Waals surface area contributed by atoms with Gasteiger partial charge in [0.25, 0.3) is 5.91 Å². The molecule has 120 valence electrons. The molecule has 2 aromatic carbocycles. The predicted octanol–water partition coefficient (Wildman–Crippen LogP) is 3.84. The Kier molecular flexibility index (Phi) is 4.98. The molecule has 1 N–H and O–H groups in total. The molecule has 0 saturated carbocycles. The third-order valence-corrected chi connectivity index (χ3v) is 4.38. The number of likely N-dealkylation sites (tertiary alicyclic amines) is 1. The van der Waals surface area contributed by atoms with E-state index in [9.17, 15) is 9.90 Å². The minimum Gasteiger partial charge on any atom is -0.457 e. The van der Waals surface area contributed by atoms with Crippen LogP contribution in [0.2, 0.25) is 0 Å². The van der Waals surface area contributed by atoms with E-state index in [1.165, 1.54) is 0 Å². The number of carbonyl (C=O) groups is 1. The van der Waals surface area contributed by atoms with Gasteiger partial charge in [-0.05, 0) is 55.3 Å². The summed E-state index contributed by atoms with van der Waals surface area (Å²) >= 11 is 3.41. The monoisotopic (exact) mass is 375 g/mol. The number of aliphatic hydroxyl groups excluding tert-OH is 1. The minimum absolute atomic E-state index is 0.00547. The fraction of sp³-hybridized carbons (Fsp3) is 0.278. The molecule has 0 atom stereocenters. The van der Waals surface area contributed by atoms with Gasteiger partial charge in [0.05, 0.1) is 6.10 Å². The first kappa shape index (κ1) is 16.0. The van der Waals surface area contributed by atoms with Crippen molar-refractivity contribution in [2.75, 3.05) is 13.1 Å². The van der Waals surface area contributed by atoms with Gasteiger partial charge >= 0.3 is 0 Å². The van der Waals surface area contributed by atoms with Crippen molar-refractivity contribution in [1.82, 2.24) is 4.90 Å². The van der Waals surface area contributed by atoms with Crippen molar-refractivity contribution in [1.29, 1.82) is 0 Å². The summed E-state index contributed by atoms with van der Waals surface area (Å²) in [6, 6.07) is 14.8. The number of amides is 1. The molecule has 1 saturated heterocycles. The summed E-state index contributed by atoms with van der Waals surface area (Å²) in [5.41, 5.74) is 0.642. The first-order valence-electron chi connectivity index (χ1n) is 7.62. The molecule has 2 aromatic rings. The number of halogens is 1. The van der Waals surface area contributed by atoms with Gasteiger partial charge in [0, 0.05) is 23.1 Å². The molecule has 1 fully saturated rings. The molecule has 0 bridgehead atoms. The molecule has 1 heterocycles. The fourth-order valence-electron chi connectivity index (χ4n) is 2.58. The maximum atomic E-state index is 12.4. The number of benzene rings is 2. The summed E-state index contributed by atoms with van der Waals surface area (Å²) in [7, 11) is 0. The van der Waals surface area contributed by atoms with E-state index >= 15 is 0 Å². The quantitative estimate of drug-likeness (QED) is 0.886. The van der Waals surface area contributed by atoms with Crippen LogP contribution in [0.4, 0.5) is 0 Å². The second-order valence-electron chi connectivity index (χ2n) is 5.61. The number of rotatable bonds is 3. The van der Waals surface area contributed by atoms with Gasteiger partial charge in [0.2, 0.25) is 0 Å². The SMILES string of the molecule is O=C(c1ccc(Oc2cccc(Br)c2)cc1)N1CCC(O)CC1. The third kappa shape index (κ3) is 4.12. The molecule has 0 aromatic heterocycles. The van der Waals surface area contributed by atoms with Crippen molar-refractivity contribution in [3.63, 3.8) is 0 Å². The Morgan fingerprint density at radius 1 is 1.09 bits per heavy atom. The summed E-state index contributed by atoms with van der Waals surface area (Å²) in [6.45, 7) is 1.21. The Balaban J connectivity index is 1.66. The topological polar surface area (TPSA) is 49.8 Å². The van der Waals surface area contributed by atoms with Crippen molar-refractivity contribution in [3.05, 3.63) is 58.6 Å². The number of ether oxygens (including phenoxy) is 1. The highest BCUT2D eigenvalue weighted by Gasteiger charge is 2.22. The number of piperidine rings is 1. The standard InChI is InChI=1S/C18H18BrNO3/c19-14-2-1-3-17(12-14)23-16-6-4-13(5-7-16)18(22)20-10-8-15(21)9-11-20/h1-7,12,15,21H,8-11H2. The van der Waals surface area contributed by atoms with Crippen LogP contribution in [0.3, 0.4) is 0 Å². The highest BCUT2D eigenvalue weighted by molar-refractivity contribution is 9.10. The number of aliphatic hydroxyl groups is 1. The zero-order valence-electron chi connectivity index (χ0n) is 12.6. The highest BCUT2D eigenvalue weighted by Crippen LogP contribution is 2.25. The van der Waals surface area contributed by atoms with Crippen LogP contribution >= 0.6 is 15.9 Å². The molecule has 23 heavy (non-hydrogen) atoms. The van der Waals surface area contributed by atoms with E-state index < -0.39 is 0 Å². The van der Waals surface area contributed by atoms with Gasteiger partial charge in [-0.1, -0.05) is 22.0 Å². The predicted molar refractivity (Wildman–Crippen MR) is 91.8 cm³/mol. The van der Waals surface area contributed by atoms with Crippen molar-refractivity contribution >= 4 is 21.8 Å². The van der Waals surface area contributed by atoms with Gasteiger partial charge in [-0.25, -0.2) is 0 Å². The molecular formula is C18H18BrNO3. The van der Waals surface area contributed by atoms with Gasteiger partial charge in [-0.3, -0.25) is 4.79 Å². The molecule has 5 heteroatoms. The Hall–Kier alpha value is -1.85.